The Bertz CT molecular complexity index is 1150. The zero-order valence-corrected chi connectivity index (χ0v) is 25.2. The topological polar surface area (TPSA) is 132 Å². The van der Waals surface area contributed by atoms with Gasteiger partial charge in [-0.2, -0.15) is 0 Å². The van der Waals surface area contributed by atoms with Crippen molar-refractivity contribution in [3.8, 4) is 5.75 Å². The number of carbonyl (C=O) groups excluding carboxylic acids is 4. The van der Waals surface area contributed by atoms with Gasteiger partial charge in [0, 0.05) is 6.42 Å². The number of ether oxygens (including phenoxy) is 3. The maximum atomic E-state index is 12.8. The summed E-state index contributed by atoms with van der Waals surface area (Å²) in [6.07, 6.45) is -0.580. The molecule has 212 valence electrons. The van der Waals surface area contributed by atoms with Crippen LogP contribution in [0.1, 0.15) is 45.7 Å². The summed E-state index contributed by atoms with van der Waals surface area (Å²) >= 11 is 2.16. The lowest BCUT2D eigenvalue weighted by Gasteiger charge is -2.23. The van der Waals surface area contributed by atoms with Crippen molar-refractivity contribution in [1.29, 1.82) is 0 Å². The van der Waals surface area contributed by atoms with Gasteiger partial charge in [0.05, 0.1) is 10.7 Å². The maximum absolute atomic E-state index is 12.8. The van der Waals surface area contributed by atoms with Crippen molar-refractivity contribution < 1.29 is 33.4 Å². The summed E-state index contributed by atoms with van der Waals surface area (Å²) in [6, 6.07) is 12.4. The summed E-state index contributed by atoms with van der Waals surface area (Å²) in [4.78, 5) is 49.6. The minimum Gasteiger partial charge on any atom is -0.488 e. The molecule has 0 saturated heterocycles. The van der Waals surface area contributed by atoms with Gasteiger partial charge in [0.15, 0.2) is 0 Å². The van der Waals surface area contributed by atoms with Gasteiger partial charge in [-0.1, -0.05) is 36.4 Å². The van der Waals surface area contributed by atoms with E-state index in [1.54, 1.807) is 20.8 Å². The van der Waals surface area contributed by atoms with Crippen molar-refractivity contribution in [2.24, 2.45) is 0 Å². The maximum Gasteiger partial charge on any atom is 0.408 e. The quantitative estimate of drug-likeness (QED) is 0.250. The molecule has 0 unspecified atom stereocenters. The van der Waals surface area contributed by atoms with E-state index in [2.05, 4.69) is 38.5 Å². The summed E-state index contributed by atoms with van der Waals surface area (Å²) in [5.41, 5.74) is 1.11. The van der Waals surface area contributed by atoms with Crippen molar-refractivity contribution in [3.05, 3.63) is 63.2 Å². The molecular formula is C28H36IN3O7. The van der Waals surface area contributed by atoms with E-state index in [1.807, 2.05) is 48.5 Å². The average Bonchev–Trinajstić information content (AvgIpc) is 2.86. The van der Waals surface area contributed by atoms with Gasteiger partial charge in [0.1, 0.15) is 36.1 Å². The Kier molecular flexibility index (Phi) is 12.0. The number of rotatable bonds is 11. The number of methoxy groups -OCH3 is 1. The van der Waals surface area contributed by atoms with Gasteiger partial charge in [-0.15, -0.1) is 0 Å². The first-order chi connectivity index (χ1) is 18.3. The molecule has 2 rings (SSSR count). The molecule has 0 aliphatic carbocycles. The van der Waals surface area contributed by atoms with Crippen LogP contribution in [0.15, 0.2) is 48.5 Å². The number of hydrogen-bond acceptors (Lipinski definition) is 7. The molecule has 2 aromatic carbocycles. The molecule has 11 heteroatoms. The molecule has 0 aliphatic heterocycles. The lowest BCUT2D eigenvalue weighted by atomic mass is 10.1. The van der Waals surface area contributed by atoms with E-state index >= 15 is 0 Å². The van der Waals surface area contributed by atoms with E-state index in [0.29, 0.717) is 12.4 Å². The number of hydrogen-bond donors (Lipinski definition) is 3. The number of nitrogens with one attached hydrogen (secondary N) is 3. The largest absolute Gasteiger partial charge is 0.488 e. The highest BCUT2D eigenvalue weighted by Crippen LogP contribution is 2.24. The zero-order valence-electron chi connectivity index (χ0n) is 23.0. The number of carbonyl (C=O) groups is 4. The second-order valence-electron chi connectivity index (χ2n) is 9.93. The number of halogens is 1. The summed E-state index contributed by atoms with van der Waals surface area (Å²) in [7, 11) is 1.24. The van der Waals surface area contributed by atoms with Crippen LogP contribution in [-0.2, 0) is 36.9 Å². The first kappa shape index (κ1) is 31.9. The Balaban J connectivity index is 1.97. The summed E-state index contributed by atoms with van der Waals surface area (Å²) < 4.78 is 16.8. The molecule has 0 heterocycles. The number of esters is 1. The van der Waals surface area contributed by atoms with Crippen molar-refractivity contribution in [2.45, 2.75) is 71.4 Å². The third-order valence-corrected chi connectivity index (χ3v) is 6.20. The summed E-state index contributed by atoms with van der Waals surface area (Å²) in [6.45, 7) is 8.48. The first-order valence-electron chi connectivity index (χ1n) is 12.4. The fourth-order valence-electron chi connectivity index (χ4n) is 3.35. The second-order valence-corrected chi connectivity index (χ2v) is 11.1. The minimum atomic E-state index is -0.985. The molecule has 2 aromatic rings. The van der Waals surface area contributed by atoms with Crippen LogP contribution in [0.2, 0.25) is 0 Å². The van der Waals surface area contributed by atoms with E-state index in [-0.39, 0.29) is 6.42 Å². The molecule has 0 radical (unpaired) electrons. The van der Waals surface area contributed by atoms with Gasteiger partial charge in [-0.25, -0.2) is 9.59 Å². The molecule has 3 amide bonds. The molecule has 3 N–H and O–H groups in total. The molecule has 39 heavy (non-hydrogen) atoms. The van der Waals surface area contributed by atoms with Crippen LogP contribution in [0.25, 0.3) is 0 Å². The minimum absolute atomic E-state index is 0.171. The Labute approximate surface area is 242 Å². The standard InChI is InChI=1S/C28H36IN3O7/c1-17(30-24(33)18(2)31-27(36)39-28(3,4)5)25(34)32-22(26(35)37-6)15-20-12-13-23(21(29)14-20)38-16-19-10-8-7-9-11-19/h7-14,17-18,22H,15-16H2,1-6H3,(H,30,33)(H,31,36)(H,32,34)/t17-,18-,22-/m0/s1. The van der Waals surface area contributed by atoms with Crippen LogP contribution < -0.4 is 20.7 Å². The molecule has 0 spiro atoms. The first-order valence-corrected chi connectivity index (χ1v) is 13.5. The van der Waals surface area contributed by atoms with Crippen LogP contribution in [0.4, 0.5) is 4.79 Å². The number of benzene rings is 2. The van der Waals surface area contributed by atoms with Gasteiger partial charge in [0.25, 0.3) is 0 Å². The van der Waals surface area contributed by atoms with Crippen LogP contribution in [-0.4, -0.2) is 54.7 Å². The molecule has 0 fully saturated rings. The lowest BCUT2D eigenvalue weighted by molar-refractivity contribution is -0.145. The van der Waals surface area contributed by atoms with Crippen LogP contribution in [0.3, 0.4) is 0 Å². The lowest BCUT2D eigenvalue weighted by Crippen LogP contribution is -2.54. The van der Waals surface area contributed by atoms with Crippen molar-refractivity contribution in [3.63, 3.8) is 0 Å². The predicted molar refractivity (Wildman–Crippen MR) is 154 cm³/mol. The summed E-state index contributed by atoms with van der Waals surface area (Å²) in [5, 5.41) is 7.59. The Morgan fingerprint density at radius 1 is 0.872 bits per heavy atom. The van der Waals surface area contributed by atoms with Crippen molar-refractivity contribution >= 4 is 46.5 Å². The van der Waals surface area contributed by atoms with Gasteiger partial charge >= 0.3 is 12.1 Å². The third-order valence-electron chi connectivity index (χ3n) is 5.35. The molecule has 0 aliphatic rings. The van der Waals surface area contributed by atoms with E-state index in [9.17, 15) is 19.2 Å². The Morgan fingerprint density at radius 3 is 2.08 bits per heavy atom. The van der Waals surface area contributed by atoms with Gasteiger partial charge in [-0.3, -0.25) is 9.59 Å². The van der Waals surface area contributed by atoms with Crippen molar-refractivity contribution in [1.82, 2.24) is 16.0 Å². The smallest absolute Gasteiger partial charge is 0.408 e. The fraction of sp³-hybridized carbons (Fsp3) is 0.429. The molecule has 3 atom stereocenters. The zero-order chi connectivity index (χ0) is 29.2. The van der Waals surface area contributed by atoms with E-state index in [1.165, 1.54) is 21.0 Å². The highest BCUT2D eigenvalue weighted by Gasteiger charge is 2.27. The fourth-order valence-corrected chi connectivity index (χ4v) is 4.08. The monoisotopic (exact) mass is 653 g/mol. The number of amides is 3. The molecular weight excluding hydrogens is 617 g/mol. The van der Waals surface area contributed by atoms with Gasteiger partial charge < -0.3 is 30.2 Å². The molecule has 0 saturated carbocycles. The SMILES string of the molecule is COC(=O)[C@H](Cc1ccc(OCc2ccccc2)c(I)c1)NC(=O)[C@H](C)NC(=O)[C@H](C)NC(=O)OC(C)(C)C. The van der Waals surface area contributed by atoms with Crippen LogP contribution in [0.5, 0.6) is 5.75 Å². The van der Waals surface area contributed by atoms with E-state index < -0.39 is 47.6 Å². The molecule has 0 bridgehead atoms. The highest BCUT2D eigenvalue weighted by atomic mass is 127. The molecule has 10 nitrogen and oxygen atoms in total. The van der Waals surface area contributed by atoms with Crippen LogP contribution in [0, 0.1) is 3.57 Å². The number of alkyl carbamates (subject to hydrolysis) is 1. The van der Waals surface area contributed by atoms with E-state index in [0.717, 1.165) is 14.7 Å². The summed E-state index contributed by atoms with van der Waals surface area (Å²) in [5.74, 6) is -1.09. The van der Waals surface area contributed by atoms with E-state index in [4.69, 9.17) is 14.2 Å². The third kappa shape index (κ3) is 11.1. The Morgan fingerprint density at radius 2 is 1.49 bits per heavy atom. The van der Waals surface area contributed by atoms with Gasteiger partial charge in [0.2, 0.25) is 11.8 Å². The normalized spacial score (nSPS) is 13.3. The van der Waals surface area contributed by atoms with Crippen molar-refractivity contribution in [2.75, 3.05) is 7.11 Å². The average molecular weight is 654 g/mol. The Hall–Kier alpha value is -3.35. The predicted octanol–water partition coefficient (Wildman–Crippen LogP) is 3.49. The second kappa shape index (κ2) is 14.7. The van der Waals surface area contributed by atoms with Gasteiger partial charge in [-0.05, 0) is 80.5 Å². The molecule has 0 aromatic heterocycles. The van der Waals surface area contributed by atoms with Crippen LogP contribution >= 0.6 is 22.6 Å². The highest BCUT2D eigenvalue weighted by molar-refractivity contribution is 14.1.